The lowest BCUT2D eigenvalue weighted by molar-refractivity contribution is 0.00537. The summed E-state index contributed by atoms with van der Waals surface area (Å²) in [4.78, 5) is 3.98. The predicted octanol–water partition coefficient (Wildman–Crippen LogP) is 0.608. The van der Waals surface area contributed by atoms with E-state index in [4.69, 9.17) is 10.5 Å². The largest absolute Gasteiger partial charge is 0.378 e. The first-order chi connectivity index (χ1) is 7.36. The third-order valence-electron chi connectivity index (χ3n) is 3.46. The van der Waals surface area contributed by atoms with Crippen molar-refractivity contribution in [3.8, 4) is 0 Å². The second-order valence-electron chi connectivity index (χ2n) is 4.27. The van der Waals surface area contributed by atoms with E-state index in [-0.39, 0.29) is 12.1 Å². The molecule has 1 saturated heterocycles. The van der Waals surface area contributed by atoms with Gasteiger partial charge in [-0.25, -0.2) is 0 Å². The molecule has 4 heteroatoms. The Morgan fingerprint density at radius 3 is 3.00 bits per heavy atom. The van der Waals surface area contributed by atoms with Crippen LogP contribution in [0, 0.1) is 5.92 Å². The summed E-state index contributed by atoms with van der Waals surface area (Å²) in [5.41, 5.74) is 7.17. The quantitative estimate of drug-likeness (QED) is 0.742. The summed E-state index contributed by atoms with van der Waals surface area (Å²) in [6.07, 6.45) is 4.98. The van der Waals surface area contributed by atoms with Gasteiger partial charge in [-0.1, -0.05) is 0 Å². The maximum Gasteiger partial charge on any atom is 0.0835 e. The molecule has 4 nitrogen and oxygen atoms in total. The maximum absolute atomic E-state index is 6.10. The average molecular weight is 205 g/mol. The summed E-state index contributed by atoms with van der Waals surface area (Å²) in [6.45, 7) is 0.859. The van der Waals surface area contributed by atoms with Crippen molar-refractivity contribution in [3.05, 3.63) is 24.5 Å². The van der Waals surface area contributed by atoms with Crippen LogP contribution >= 0.6 is 0 Å². The first-order valence-electron chi connectivity index (χ1n) is 5.40. The van der Waals surface area contributed by atoms with E-state index in [0.29, 0.717) is 12.0 Å². The van der Waals surface area contributed by atoms with Gasteiger partial charge in [-0.15, -0.1) is 0 Å². The minimum absolute atomic E-state index is 0.227. The zero-order valence-electron chi connectivity index (χ0n) is 8.47. The number of hydrogen-bond acceptors (Lipinski definition) is 4. The number of hydrogen-bond donors (Lipinski definition) is 2. The lowest BCUT2D eigenvalue weighted by Gasteiger charge is -2.46. The van der Waals surface area contributed by atoms with Gasteiger partial charge >= 0.3 is 0 Å². The first-order valence-corrected chi connectivity index (χ1v) is 5.40. The van der Waals surface area contributed by atoms with E-state index in [9.17, 15) is 0 Å². The predicted molar refractivity (Wildman–Crippen MR) is 57.5 cm³/mol. The molecule has 0 radical (unpaired) electrons. The van der Waals surface area contributed by atoms with Crippen LogP contribution in [0.1, 0.15) is 6.42 Å². The molecule has 2 aliphatic rings. The molecule has 3 rings (SSSR count). The summed E-state index contributed by atoms with van der Waals surface area (Å²) in [5.74, 6) is 0.560. The third kappa shape index (κ3) is 1.41. The SMILES string of the molecule is NC1C2CCOC2C1Nc1ccncc1. The lowest BCUT2D eigenvalue weighted by Crippen LogP contribution is -2.65. The van der Waals surface area contributed by atoms with Gasteiger partial charge in [-0.05, 0) is 18.6 Å². The highest BCUT2D eigenvalue weighted by Crippen LogP contribution is 2.39. The molecule has 1 aliphatic carbocycles. The van der Waals surface area contributed by atoms with E-state index in [0.717, 1.165) is 18.7 Å². The molecule has 15 heavy (non-hydrogen) atoms. The molecule has 0 spiro atoms. The number of nitrogens with zero attached hydrogens (tertiary/aromatic N) is 1. The van der Waals surface area contributed by atoms with E-state index in [1.54, 1.807) is 12.4 Å². The first kappa shape index (κ1) is 9.12. The smallest absolute Gasteiger partial charge is 0.0835 e. The van der Waals surface area contributed by atoms with Gasteiger partial charge in [0.1, 0.15) is 0 Å². The van der Waals surface area contributed by atoms with Crippen LogP contribution in [-0.2, 0) is 4.74 Å². The van der Waals surface area contributed by atoms with Crippen LogP contribution in [0.3, 0.4) is 0 Å². The highest BCUT2D eigenvalue weighted by Gasteiger charge is 2.52. The van der Waals surface area contributed by atoms with Crippen LogP contribution in [0.5, 0.6) is 0 Å². The van der Waals surface area contributed by atoms with Crippen LogP contribution in [0.25, 0.3) is 0 Å². The average Bonchev–Trinajstić information content (AvgIpc) is 2.72. The number of nitrogens with two attached hydrogens (primary N) is 1. The Kier molecular flexibility index (Phi) is 2.11. The third-order valence-corrected chi connectivity index (χ3v) is 3.46. The molecule has 4 atom stereocenters. The van der Waals surface area contributed by atoms with Crippen molar-refractivity contribution in [3.63, 3.8) is 0 Å². The fraction of sp³-hybridized carbons (Fsp3) is 0.545. The Hall–Kier alpha value is -1.13. The Bertz CT molecular complexity index is 343. The minimum atomic E-state index is 0.227. The zero-order chi connectivity index (χ0) is 10.3. The maximum atomic E-state index is 6.10. The molecule has 1 aliphatic heterocycles. The van der Waals surface area contributed by atoms with Crippen molar-refractivity contribution in [2.24, 2.45) is 11.7 Å². The summed E-state index contributed by atoms with van der Waals surface area (Å²) in [5, 5.41) is 3.41. The van der Waals surface area contributed by atoms with Crippen molar-refractivity contribution in [2.75, 3.05) is 11.9 Å². The number of anilines is 1. The molecular weight excluding hydrogens is 190 g/mol. The van der Waals surface area contributed by atoms with Crippen LogP contribution in [0.15, 0.2) is 24.5 Å². The molecule has 2 heterocycles. The normalized spacial score (nSPS) is 38.2. The van der Waals surface area contributed by atoms with Crippen molar-refractivity contribution in [2.45, 2.75) is 24.6 Å². The Balaban J connectivity index is 1.69. The van der Waals surface area contributed by atoms with Crippen LogP contribution in [-0.4, -0.2) is 29.8 Å². The molecule has 0 amide bonds. The van der Waals surface area contributed by atoms with E-state index in [1.807, 2.05) is 12.1 Å². The van der Waals surface area contributed by atoms with Gasteiger partial charge < -0.3 is 15.8 Å². The highest BCUT2D eigenvalue weighted by atomic mass is 16.5. The molecule has 80 valence electrons. The molecular formula is C11H15N3O. The van der Waals surface area contributed by atoms with E-state index < -0.39 is 0 Å². The van der Waals surface area contributed by atoms with Gasteiger partial charge in [0.05, 0.1) is 12.1 Å². The minimum Gasteiger partial charge on any atom is -0.378 e. The van der Waals surface area contributed by atoms with Gasteiger partial charge in [0.2, 0.25) is 0 Å². The van der Waals surface area contributed by atoms with Gasteiger partial charge in [0, 0.05) is 36.6 Å². The van der Waals surface area contributed by atoms with Crippen LogP contribution in [0.2, 0.25) is 0 Å². The van der Waals surface area contributed by atoms with E-state index in [2.05, 4.69) is 10.3 Å². The van der Waals surface area contributed by atoms with Gasteiger partial charge in [0.25, 0.3) is 0 Å². The lowest BCUT2D eigenvalue weighted by atomic mass is 9.72. The van der Waals surface area contributed by atoms with Crippen molar-refractivity contribution in [1.29, 1.82) is 0 Å². The number of aromatic nitrogens is 1. The van der Waals surface area contributed by atoms with Crippen molar-refractivity contribution >= 4 is 5.69 Å². The molecule has 4 unspecified atom stereocenters. The summed E-state index contributed by atoms with van der Waals surface area (Å²) in [6, 6.07) is 4.40. The standard InChI is InChI=1S/C11H15N3O/c12-9-8-3-6-15-11(8)10(9)14-7-1-4-13-5-2-7/h1-2,4-5,8-11H,3,6,12H2,(H,13,14). The summed E-state index contributed by atoms with van der Waals surface area (Å²) < 4.78 is 5.65. The molecule has 2 fully saturated rings. The number of nitrogens with one attached hydrogen (secondary N) is 1. The van der Waals surface area contributed by atoms with Gasteiger partial charge in [-0.3, -0.25) is 4.98 Å². The second kappa shape index (κ2) is 3.47. The second-order valence-corrected chi connectivity index (χ2v) is 4.27. The molecule has 0 aromatic carbocycles. The van der Waals surface area contributed by atoms with E-state index >= 15 is 0 Å². The van der Waals surface area contributed by atoms with Crippen molar-refractivity contribution < 1.29 is 4.74 Å². The molecule has 0 bridgehead atoms. The monoisotopic (exact) mass is 205 g/mol. The van der Waals surface area contributed by atoms with Crippen LogP contribution in [0.4, 0.5) is 5.69 Å². The molecule has 1 saturated carbocycles. The Morgan fingerprint density at radius 1 is 1.40 bits per heavy atom. The summed E-state index contributed by atoms with van der Waals surface area (Å²) in [7, 11) is 0. The molecule has 1 aromatic rings. The van der Waals surface area contributed by atoms with Crippen molar-refractivity contribution in [1.82, 2.24) is 4.98 Å². The fourth-order valence-electron chi connectivity index (χ4n) is 2.57. The molecule has 3 N–H and O–H groups in total. The van der Waals surface area contributed by atoms with Gasteiger partial charge in [-0.2, -0.15) is 0 Å². The van der Waals surface area contributed by atoms with E-state index in [1.165, 1.54) is 0 Å². The number of ether oxygens (including phenoxy) is 1. The summed E-state index contributed by atoms with van der Waals surface area (Å²) >= 11 is 0. The Labute approximate surface area is 88.8 Å². The highest BCUT2D eigenvalue weighted by molar-refractivity contribution is 5.44. The topological polar surface area (TPSA) is 60.2 Å². The molecule has 1 aromatic heterocycles. The number of pyridine rings is 1. The van der Waals surface area contributed by atoms with Gasteiger partial charge in [0.15, 0.2) is 0 Å². The number of fused-ring (bicyclic) bond motifs is 1. The van der Waals surface area contributed by atoms with Crippen LogP contribution < -0.4 is 11.1 Å². The fourth-order valence-corrected chi connectivity index (χ4v) is 2.57. The number of rotatable bonds is 2. The Morgan fingerprint density at radius 2 is 2.20 bits per heavy atom. The zero-order valence-corrected chi connectivity index (χ0v) is 8.47.